The molecular weight excluding hydrogens is 420 g/mol. The number of nitriles is 2. The van der Waals surface area contributed by atoms with E-state index in [0.717, 1.165) is 18.2 Å². The lowest BCUT2D eigenvalue weighted by Crippen LogP contribution is -2.12. The second kappa shape index (κ2) is 9.04. The molecule has 1 aliphatic carbocycles. The van der Waals surface area contributed by atoms with Crippen LogP contribution in [0, 0.1) is 42.9 Å². The molecule has 0 atom stereocenters. The molecule has 32 heavy (non-hydrogen) atoms. The first-order valence-electron chi connectivity index (χ1n) is 9.25. The number of nitro benzene ring substituents is 2. The van der Waals surface area contributed by atoms with E-state index in [0.29, 0.717) is 12.2 Å². The summed E-state index contributed by atoms with van der Waals surface area (Å²) in [5.41, 5.74) is -0.616. The highest BCUT2D eigenvalue weighted by atomic mass is 16.6. The predicted molar refractivity (Wildman–Crippen MR) is 109 cm³/mol. The van der Waals surface area contributed by atoms with E-state index in [1.165, 1.54) is 12.1 Å². The highest BCUT2D eigenvalue weighted by Crippen LogP contribution is 2.49. The van der Waals surface area contributed by atoms with E-state index in [1.54, 1.807) is 19.1 Å². The summed E-state index contributed by atoms with van der Waals surface area (Å²) in [6.07, 6.45) is 0. The Kier molecular flexibility index (Phi) is 6.24. The van der Waals surface area contributed by atoms with Gasteiger partial charge < -0.3 is 9.47 Å². The first-order chi connectivity index (χ1) is 15.3. The Balaban J connectivity index is 2.31. The number of carbonyl (C=O) groups excluding carboxylic acids is 1. The molecule has 3 rings (SSSR count). The van der Waals surface area contributed by atoms with Gasteiger partial charge in [-0.15, -0.1) is 0 Å². The summed E-state index contributed by atoms with van der Waals surface area (Å²) in [5, 5.41) is 41.6. The average molecular weight is 434 g/mol. The maximum atomic E-state index is 12.8. The highest BCUT2D eigenvalue weighted by Gasteiger charge is 2.34. The largest absolute Gasteiger partial charge is 0.460 e. The molecule has 0 heterocycles. The molecule has 0 N–H and O–H groups in total. The van der Waals surface area contributed by atoms with Crippen molar-refractivity contribution in [2.24, 2.45) is 0 Å². The van der Waals surface area contributed by atoms with Crippen molar-refractivity contribution < 1.29 is 24.1 Å². The summed E-state index contributed by atoms with van der Waals surface area (Å²) < 4.78 is 10.3. The molecule has 0 aromatic heterocycles. The number of nitrogens with zero attached hydrogens (tertiary/aromatic N) is 4. The number of ether oxygens (including phenoxy) is 2. The van der Waals surface area contributed by atoms with Crippen LogP contribution < -0.4 is 0 Å². The maximum Gasteiger partial charge on any atom is 0.339 e. The van der Waals surface area contributed by atoms with Gasteiger partial charge in [0.05, 0.1) is 22.0 Å². The predicted octanol–water partition coefficient (Wildman–Crippen LogP) is 3.53. The Hall–Kier alpha value is -4.61. The zero-order valence-corrected chi connectivity index (χ0v) is 16.7. The molecule has 0 spiro atoms. The van der Waals surface area contributed by atoms with Crippen LogP contribution in [0.15, 0.2) is 35.9 Å². The third-order valence-corrected chi connectivity index (χ3v) is 4.71. The molecule has 1 aliphatic rings. The van der Waals surface area contributed by atoms with E-state index in [9.17, 15) is 35.5 Å². The monoisotopic (exact) mass is 434 g/mol. The third kappa shape index (κ3) is 3.88. The first-order valence-corrected chi connectivity index (χ1v) is 9.25. The number of nitro groups is 2. The summed E-state index contributed by atoms with van der Waals surface area (Å²) in [7, 11) is 0. The molecule has 0 saturated heterocycles. The number of carbonyl (C=O) groups is 1. The molecule has 11 nitrogen and oxygen atoms in total. The molecule has 2 aromatic rings. The van der Waals surface area contributed by atoms with Crippen LogP contribution in [0.5, 0.6) is 0 Å². The normalized spacial score (nSPS) is 11.0. The lowest BCUT2D eigenvalue weighted by Gasteiger charge is -2.10. The van der Waals surface area contributed by atoms with Gasteiger partial charge in [0.15, 0.2) is 0 Å². The minimum Gasteiger partial charge on any atom is -0.460 e. The van der Waals surface area contributed by atoms with Crippen molar-refractivity contribution in [1.29, 1.82) is 10.5 Å². The molecule has 0 saturated carbocycles. The fourth-order valence-electron chi connectivity index (χ4n) is 3.42. The quantitative estimate of drug-likeness (QED) is 0.177. The summed E-state index contributed by atoms with van der Waals surface area (Å²) in [6, 6.07) is 9.33. The second-order valence-electron chi connectivity index (χ2n) is 6.47. The zero-order valence-electron chi connectivity index (χ0n) is 16.7. The lowest BCUT2D eigenvalue weighted by atomic mass is 9.96. The molecule has 2 aromatic carbocycles. The van der Waals surface area contributed by atoms with Gasteiger partial charge in [0, 0.05) is 42.0 Å². The highest BCUT2D eigenvalue weighted by molar-refractivity contribution is 6.11. The Bertz CT molecular complexity index is 1250. The van der Waals surface area contributed by atoms with E-state index in [2.05, 4.69) is 0 Å². The minimum atomic E-state index is -0.870. The average Bonchev–Trinajstić information content (AvgIpc) is 3.10. The van der Waals surface area contributed by atoms with E-state index in [-0.39, 0.29) is 46.7 Å². The van der Waals surface area contributed by atoms with Gasteiger partial charge in [-0.3, -0.25) is 20.2 Å². The Morgan fingerprint density at radius 1 is 0.969 bits per heavy atom. The van der Waals surface area contributed by atoms with Gasteiger partial charge in [-0.2, -0.15) is 10.5 Å². The van der Waals surface area contributed by atoms with Crippen LogP contribution in [0.25, 0.3) is 16.7 Å². The van der Waals surface area contributed by atoms with E-state index >= 15 is 0 Å². The molecule has 11 heteroatoms. The van der Waals surface area contributed by atoms with Crippen molar-refractivity contribution in [2.45, 2.75) is 6.92 Å². The molecule has 0 fully saturated rings. The van der Waals surface area contributed by atoms with E-state index in [4.69, 9.17) is 9.47 Å². The van der Waals surface area contributed by atoms with Gasteiger partial charge in [0.25, 0.3) is 11.4 Å². The number of non-ortho nitro benzene ring substituents is 2. The fraction of sp³-hybridized carbons (Fsp3) is 0.190. The van der Waals surface area contributed by atoms with Crippen LogP contribution in [0.4, 0.5) is 11.4 Å². The Morgan fingerprint density at radius 2 is 1.62 bits per heavy atom. The Morgan fingerprint density at radius 3 is 2.22 bits per heavy atom. The number of esters is 1. The standard InChI is InChI=1S/C21H14N4O7/c1-2-31-5-6-32-21(26)18-9-14(25(29)30)8-17-19(12(10-22)11-23)16-7-13(24(27)28)3-4-15(16)20(17)18/h3-4,7-9H,2,5-6H2,1H3. The van der Waals surface area contributed by atoms with Gasteiger partial charge in [0.2, 0.25) is 0 Å². The summed E-state index contributed by atoms with van der Waals surface area (Å²) in [5.74, 6) is -0.870. The van der Waals surface area contributed by atoms with E-state index in [1.807, 2.05) is 0 Å². The van der Waals surface area contributed by atoms with Gasteiger partial charge >= 0.3 is 5.97 Å². The van der Waals surface area contributed by atoms with Gasteiger partial charge in [-0.1, -0.05) is 0 Å². The second-order valence-corrected chi connectivity index (χ2v) is 6.47. The van der Waals surface area contributed by atoms with Crippen LogP contribution >= 0.6 is 0 Å². The van der Waals surface area contributed by atoms with Crippen LogP contribution in [0.1, 0.15) is 28.4 Å². The molecular formula is C21H14N4O7. The summed E-state index contributed by atoms with van der Waals surface area (Å²) in [6.45, 7) is 2.21. The van der Waals surface area contributed by atoms with Crippen molar-refractivity contribution in [1.82, 2.24) is 0 Å². The topological polar surface area (TPSA) is 169 Å². The molecule has 0 aliphatic heterocycles. The van der Waals surface area contributed by atoms with Crippen molar-refractivity contribution in [3.8, 4) is 23.3 Å². The van der Waals surface area contributed by atoms with Crippen molar-refractivity contribution in [3.05, 3.63) is 72.8 Å². The van der Waals surface area contributed by atoms with Crippen LogP contribution in [-0.2, 0) is 9.47 Å². The molecule has 0 amide bonds. The first kappa shape index (κ1) is 22.1. The van der Waals surface area contributed by atoms with E-state index < -0.39 is 27.1 Å². The van der Waals surface area contributed by atoms with Crippen molar-refractivity contribution in [3.63, 3.8) is 0 Å². The SMILES string of the molecule is CCOCCOC(=O)c1cc([N+](=O)[O-])cc2c1-c1ccc([N+](=O)[O-])cc1C2=C(C#N)C#N. The van der Waals surface area contributed by atoms with Gasteiger partial charge in [0.1, 0.15) is 24.3 Å². The fourth-order valence-corrected chi connectivity index (χ4v) is 3.42. The van der Waals surface area contributed by atoms with Crippen LogP contribution in [0.3, 0.4) is 0 Å². The minimum absolute atomic E-state index is 0.0178. The smallest absolute Gasteiger partial charge is 0.339 e. The number of benzene rings is 2. The van der Waals surface area contributed by atoms with Gasteiger partial charge in [-0.05, 0) is 29.7 Å². The molecule has 0 unspecified atom stereocenters. The zero-order chi connectivity index (χ0) is 23.4. The molecule has 0 bridgehead atoms. The number of rotatable bonds is 7. The summed E-state index contributed by atoms with van der Waals surface area (Å²) >= 11 is 0. The Labute approximate surface area is 181 Å². The number of hydrogen-bond donors (Lipinski definition) is 0. The number of allylic oxidation sites excluding steroid dienone is 1. The number of fused-ring (bicyclic) bond motifs is 3. The molecule has 160 valence electrons. The van der Waals surface area contributed by atoms with Crippen LogP contribution in [-0.4, -0.2) is 35.6 Å². The molecule has 0 radical (unpaired) electrons. The lowest BCUT2D eigenvalue weighted by molar-refractivity contribution is -0.385. The van der Waals surface area contributed by atoms with Gasteiger partial charge in [-0.25, -0.2) is 4.79 Å². The number of hydrogen-bond acceptors (Lipinski definition) is 9. The maximum absolute atomic E-state index is 12.8. The van der Waals surface area contributed by atoms with Crippen LogP contribution in [0.2, 0.25) is 0 Å². The third-order valence-electron chi connectivity index (χ3n) is 4.71. The van der Waals surface area contributed by atoms with Crippen molar-refractivity contribution in [2.75, 3.05) is 19.8 Å². The summed E-state index contributed by atoms with van der Waals surface area (Å²) in [4.78, 5) is 34.2. The van der Waals surface area contributed by atoms with Crippen molar-refractivity contribution >= 4 is 22.9 Å².